The number of hydrogen-bond acceptors (Lipinski definition) is 5. The molecule has 2 fully saturated rings. The second kappa shape index (κ2) is 9.41. The zero-order valence-corrected chi connectivity index (χ0v) is 19.2. The number of nitrogens with zero attached hydrogens (tertiary/aromatic N) is 1. The Balaban J connectivity index is 1.79. The molecule has 4 rings (SSSR count). The molecule has 1 N–H and O–H groups in total. The molecule has 1 aliphatic heterocycles. The van der Waals surface area contributed by atoms with Gasteiger partial charge in [0.2, 0.25) is 0 Å². The van der Waals surface area contributed by atoms with Crippen molar-refractivity contribution in [1.29, 1.82) is 0 Å². The van der Waals surface area contributed by atoms with E-state index in [9.17, 15) is 9.90 Å². The number of carbonyl (C=O) groups is 1. The van der Waals surface area contributed by atoms with Crippen molar-refractivity contribution >= 4 is 5.91 Å². The number of carbonyl (C=O) groups excluding carboxylic acids is 1. The molecule has 6 nitrogen and oxygen atoms in total. The van der Waals surface area contributed by atoms with Gasteiger partial charge in [-0.3, -0.25) is 4.79 Å². The van der Waals surface area contributed by atoms with Crippen LogP contribution in [-0.4, -0.2) is 48.9 Å². The minimum atomic E-state index is -0.761. The van der Waals surface area contributed by atoms with Crippen molar-refractivity contribution in [3.8, 4) is 17.2 Å². The summed E-state index contributed by atoms with van der Waals surface area (Å²) < 4.78 is 16.8. The second-order valence-corrected chi connectivity index (χ2v) is 8.69. The third-order valence-corrected chi connectivity index (χ3v) is 7.01. The van der Waals surface area contributed by atoms with E-state index in [1.54, 1.807) is 32.4 Å². The fourth-order valence-corrected chi connectivity index (χ4v) is 5.44. The summed E-state index contributed by atoms with van der Waals surface area (Å²) in [7, 11) is 3.15. The van der Waals surface area contributed by atoms with E-state index in [1.165, 1.54) is 0 Å². The second-order valence-electron chi connectivity index (χ2n) is 8.69. The molecule has 0 radical (unpaired) electrons. The fraction of sp³-hybridized carbons (Fsp3) is 0.500. The smallest absolute Gasteiger partial charge is 0.258 e. The summed E-state index contributed by atoms with van der Waals surface area (Å²) in [5, 5.41) is 11.6. The van der Waals surface area contributed by atoms with Crippen molar-refractivity contribution < 1.29 is 24.1 Å². The van der Waals surface area contributed by atoms with Crippen molar-refractivity contribution in [3.05, 3.63) is 53.6 Å². The Morgan fingerprint density at radius 2 is 1.91 bits per heavy atom. The zero-order valence-electron chi connectivity index (χ0n) is 19.2. The van der Waals surface area contributed by atoms with Gasteiger partial charge < -0.3 is 24.2 Å². The van der Waals surface area contributed by atoms with E-state index >= 15 is 0 Å². The summed E-state index contributed by atoms with van der Waals surface area (Å²) in [6.07, 6.45) is 4.31. The number of para-hydroxylation sites is 1. The highest BCUT2D eigenvalue weighted by atomic mass is 16.5. The minimum absolute atomic E-state index is 0.0419. The largest absolute Gasteiger partial charge is 0.497 e. The van der Waals surface area contributed by atoms with Crippen molar-refractivity contribution in [2.75, 3.05) is 27.4 Å². The lowest BCUT2D eigenvalue weighted by molar-refractivity contribution is -0.115. The molecule has 1 amide bonds. The lowest BCUT2D eigenvalue weighted by Crippen LogP contribution is -2.56. The van der Waals surface area contributed by atoms with Gasteiger partial charge in [0.15, 0.2) is 0 Å². The molecule has 2 aliphatic rings. The first kappa shape index (κ1) is 22.5. The number of likely N-dealkylation sites (tertiary alicyclic amines) is 1. The van der Waals surface area contributed by atoms with Crippen LogP contribution in [0.25, 0.3) is 0 Å². The standard InChI is InChI=1S/C26H33NO5/c1-4-32-22-11-6-5-9-19(22)24-21-10-7-8-14-26(21,29)15-16-27(24)25(28)20-13-12-18(30-2)17-23(20)31-3/h5-6,9,11-13,17,21,24,29H,4,7-8,10,14-16H2,1-3H3. The van der Waals surface area contributed by atoms with Crippen LogP contribution in [0.4, 0.5) is 0 Å². The van der Waals surface area contributed by atoms with Gasteiger partial charge in [0.1, 0.15) is 17.2 Å². The van der Waals surface area contributed by atoms with Gasteiger partial charge in [-0.25, -0.2) is 0 Å². The normalized spacial score (nSPS) is 25.1. The van der Waals surface area contributed by atoms with Crippen LogP contribution >= 0.6 is 0 Å². The lowest BCUT2D eigenvalue weighted by Gasteiger charge is -2.52. The monoisotopic (exact) mass is 439 g/mol. The molecule has 1 saturated heterocycles. The fourth-order valence-electron chi connectivity index (χ4n) is 5.44. The number of ether oxygens (including phenoxy) is 3. The van der Waals surface area contributed by atoms with Crippen LogP contribution in [0.1, 0.15) is 61.0 Å². The SMILES string of the molecule is CCOc1ccccc1C1C2CCCCC2(O)CCN1C(=O)c1ccc(OC)cc1OC. The molecule has 0 aromatic heterocycles. The van der Waals surface area contributed by atoms with Crippen LogP contribution in [0.2, 0.25) is 0 Å². The van der Waals surface area contributed by atoms with Gasteiger partial charge in [0.05, 0.1) is 38.0 Å². The highest BCUT2D eigenvalue weighted by Crippen LogP contribution is 2.51. The van der Waals surface area contributed by atoms with Gasteiger partial charge in [-0.05, 0) is 44.4 Å². The van der Waals surface area contributed by atoms with Crippen molar-refractivity contribution in [2.24, 2.45) is 5.92 Å². The van der Waals surface area contributed by atoms with Gasteiger partial charge in [-0.15, -0.1) is 0 Å². The Hall–Kier alpha value is -2.73. The molecule has 6 heteroatoms. The van der Waals surface area contributed by atoms with E-state index in [1.807, 2.05) is 36.1 Å². The number of piperidine rings is 1. The molecule has 1 saturated carbocycles. The molecule has 3 unspecified atom stereocenters. The van der Waals surface area contributed by atoms with Crippen LogP contribution in [0.5, 0.6) is 17.2 Å². The van der Waals surface area contributed by atoms with E-state index in [0.29, 0.717) is 36.6 Å². The van der Waals surface area contributed by atoms with E-state index < -0.39 is 5.60 Å². The molecule has 1 heterocycles. The first-order valence-electron chi connectivity index (χ1n) is 11.5. The summed E-state index contributed by atoms with van der Waals surface area (Å²) >= 11 is 0. The molecule has 0 spiro atoms. The Kier molecular flexibility index (Phi) is 6.60. The van der Waals surface area contributed by atoms with Crippen LogP contribution in [0.3, 0.4) is 0 Å². The molecule has 2 aromatic rings. The Bertz CT molecular complexity index is 961. The third-order valence-electron chi connectivity index (χ3n) is 7.01. The maximum atomic E-state index is 13.9. The summed E-state index contributed by atoms with van der Waals surface area (Å²) in [6, 6.07) is 12.9. The molecular weight excluding hydrogens is 406 g/mol. The lowest BCUT2D eigenvalue weighted by atomic mass is 9.66. The first-order chi connectivity index (χ1) is 15.5. The Morgan fingerprint density at radius 3 is 2.66 bits per heavy atom. The number of methoxy groups -OCH3 is 2. The Morgan fingerprint density at radius 1 is 1.09 bits per heavy atom. The number of rotatable bonds is 6. The van der Waals surface area contributed by atoms with Crippen LogP contribution in [-0.2, 0) is 0 Å². The Labute approximate surface area is 190 Å². The molecular formula is C26H33NO5. The summed E-state index contributed by atoms with van der Waals surface area (Å²) in [5.41, 5.74) is 0.692. The average molecular weight is 440 g/mol. The van der Waals surface area contributed by atoms with Crippen LogP contribution < -0.4 is 14.2 Å². The summed E-state index contributed by atoms with van der Waals surface area (Å²) in [6.45, 7) is 2.98. The molecule has 0 bridgehead atoms. The maximum Gasteiger partial charge on any atom is 0.258 e. The predicted octanol–water partition coefficient (Wildman–Crippen LogP) is 4.61. The third kappa shape index (κ3) is 4.04. The van der Waals surface area contributed by atoms with Gasteiger partial charge in [0, 0.05) is 24.1 Å². The molecule has 2 aromatic carbocycles. The van der Waals surface area contributed by atoms with Gasteiger partial charge in [-0.1, -0.05) is 31.0 Å². The van der Waals surface area contributed by atoms with Gasteiger partial charge in [-0.2, -0.15) is 0 Å². The maximum absolute atomic E-state index is 13.9. The number of fused-ring (bicyclic) bond motifs is 1. The molecule has 1 aliphatic carbocycles. The predicted molar refractivity (Wildman–Crippen MR) is 122 cm³/mol. The number of benzene rings is 2. The van der Waals surface area contributed by atoms with Gasteiger partial charge >= 0.3 is 0 Å². The minimum Gasteiger partial charge on any atom is -0.497 e. The molecule has 32 heavy (non-hydrogen) atoms. The molecule has 172 valence electrons. The van der Waals surface area contributed by atoms with Crippen molar-refractivity contribution in [2.45, 2.75) is 50.7 Å². The van der Waals surface area contributed by atoms with E-state index in [2.05, 4.69) is 0 Å². The topological polar surface area (TPSA) is 68.2 Å². The summed E-state index contributed by atoms with van der Waals surface area (Å²) in [5.74, 6) is 1.75. The molecule has 3 atom stereocenters. The van der Waals surface area contributed by atoms with Gasteiger partial charge in [0.25, 0.3) is 5.91 Å². The first-order valence-corrected chi connectivity index (χ1v) is 11.5. The van der Waals surface area contributed by atoms with E-state index in [0.717, 1.165) is 37.0 Å². The summed E-state index contributed by atoms with van der Waals surface area (Å²) in [4.78, 5) is 15.8. The quantitative estimate of drug-likeness (QED) is 0.712. The highest BCUT2D eigenvalue weighted by molar-refractivity contribution is 5.97. The van der Waals surface area contributed by atoms with Crippen molar-refractivity contribution in [3.63, 3.8) is 0 Å². The number of aliphatic hydroxyl groups is 1. The van der Waals surface area contributed by atoms with E-state index in [-0.39, 0.29) is 17.9 Å². The van der Waals surface area contributed by atoms with E-state index in [4.69, 9.17) is 14.2 Å². The van der Waals surface area contributed by atoms with Crippen LogP contribution in [0.15, 0.2) is 42.5 Å². The number of hydrogen-bond donors (Lipinski definition) is 1. The number of amides is 1. The van der Waals surface area contributed by atoms with Crippen molar-refractivity contribution in [1.82, 2.24) is 4.90 Å². The van der Waals surface area contributed by atoms with Crippen LogP contribution in [0, 0.1) is 5.92 Å². The highest BCUT2D eigenvalue weighted by Gasteiger charge is 2.51. The zero-order chi connectivity index (χ0) is 22.7. The average Bonchev–Trinajstić information content (AvgIpc) is 2.82.